The number of likely N-dealkylation sites (tertiary alicyclic amines) is 1. The first-order valence-electron chi connectivity index (χ1n) is 14.1. The molecule has 0 spiro atoms. The van der Waals surface area contributed by atoms with E-state index in [1.807, 2.05) is 6.07 Å². The van der Waals surface area contributed by atoms with Gasteiger partial charge in [-0.05, 0) is 74.9 Å². The number of hydrogen-bond donors (Lipinski definition) is 2. The molecule has 1 amide bonds. The number of anilines is 1. The van der Waals surface area contributed by atoms with Gasteiger partial charge in [0.1, 0.15) is 0 Å². The van der Waals surface area contributed by atoms with E-state index in [0.29, 0.717) is 39.3 Å². The summed E-state index contributed by atoms with van der Waals surface area (Å²) in [5.41, 5.74) is 2.50. The Hall–Kier alpha value is -2.02. The maximum atomic E-state index is 13.8. The van der Waals surface area contributed by atoms with Gasteiger partial charge in [-0.1, -0.05) is 13.3 Å². The lowest BCUT2D eigenvalue weighted by molar-refractivity contribution is -0.133. The third kappa shape index (κ3) is 7.32. The van der Waals surface area contributed by atoms with Crippen LogP contribution in [0.3, 0.4) is 0 Å². The van der Waals surface area contributed by atoms with Crippen LogP contribution >= 0.6 is 23.7 Å². The van der Waals surface area contributed by atoms with E-state index in [9.17, 15) is 23.2 Å². The Morgan fingerprint density at radius 3 is 2.32 bits per heavy atom. The van der Waals surface area contributed by atoms with Crippen molar-refractivity contribution >= 4 is 51.0 Å². The number of hydroxylamine groups is 1. The Balaban J connectivity index is 0.00000462. The predicted molar refractivity (Wildman–Crippen MR) is 163 cm³/mol. The highest BCUT2D eigenvalue weighted by atomic mass is 35.5. The van der Waals surface area contributed by atoms with E-state index >= 15 is 0 Å². The van der Waals surface area contributed by atoms with Gasteiger partial charge in [-0.3, -0.25) is 14.8 Å². The molecule has 0 aliphatic carbocycles. The molecule has 0 unspecified atom stereocenters. The van der Waals surface area contributed by atoms with Crippen molar-refractivity contribution in [2.45, 2.75) is 61.5 Å². The highest BCUT2D eigenvalue weighted by Crippen LogP contribution is 2.37. The second kappa shape index (κ2) is 14.9. The third-order valence-corrected chi connectivity index (χ3v) is 12.0. The van der Waals surface area contributed by atoms with Crippen LogP contribution in [0.4, 0.5) is 5.69 Å². The van der Waals surface area contributed by atoms with Gasteiger partial charge in [0.25, 0.3) is 5.91 Å². The predicted octanol–water partition coefficient (Wildman–Crippen LogP) is 4.37. The fourth-order valence-electron chi connectivity index (χ4n) is 5.74. The first kappa shape index (κ1) is 33.5. The van der Waals surface area contributed by atoms with E-state index in [0.717, 1.165) is 42.7 Å². The number of benzene rings is 1. The van der Waals surface area contributed by atoms with Crippen LogP contribution in [0.2, 0.25) is 0 Å². The topological polar surface area (TPSA) is 116 Å². The number of Topliss-reactive ketones (excluding diaryl/α,β-unsaturated/α-hetero) is 1. The van der Waals surface area contributed by atoms with Crippen molar-refractivity contribution in [3.05, 3.63) is 46.2 Å². The van der Waals surface area contributed by atoms with E-state index in [2.05, 4.69) is 22.8 Å². The number of thiophene rings is 1. The number of sulfone groups is 1. The molecule has 3 heterocycles. The number of unbranched alkanes of at least 4 members (excludes halogenated alkanes) is 1. The molecule has 41 heavy (non-hydrogen) atoms. The molecular weight excluding hydrogens is 586 g/mol. The van der Waals surface area contributed by atoms with Gasteiger partial charge in [0.15, 0.2) is 20.4 Å². The number of carbonyl (C=O) groups is 2. The van der Waals surface area contributed by atoms with Gasteiger partial charge in [-0.15, -0.1) is 23.7 Å². The molecule has 0 radical (unpaired) electrons. The zero-order valence-electron chi connectivity index (χ0n) is 23.8. The lowest BCUT2D eigenvalue weighted by Gasteiger charge is -2.39. The Labute approximate surface area is 253 Å². The van der Waals surface area contributed by atoms with Crippen molar-refractivity contribution in [2.75, 3.05) is 51.3 Å². The number of hydrogen-bond acceptors (Lipinski definition) is 9. The third-order valence-electron chi connectivity index (χ3n) is 8.36. The summed E-state index contributed by atoms with van der Waals surface area (Å²) in [5, 5.41) is 9.43. The van der Waals surface area contributed by atoms with Crippen molar-refractivity contribution in [3.8, 4) is 0 Å². The van der Waals surface area contributed by atoms with Gasteiger partial charge in [0, 0.05) is 56.3 Å². The van der Waals surface area contributed by atoms with Crippen molar-refractivity contribution in [1.82, 2.24) is 10.4 Å². The Bertz CT molecular complexity index is 1250. The van der Waals surface area contributed by atoms with Gasteiger partial charge >= 0.3 is 0 Å². The molecule has 0 saturated carbocycles. The number of ketones is 1. The smallest absolute Gasteiger partial charge is 0.265 e. The number of amides is 1. The zero-order chi connectivity index (χ0) is 28.8. The van der Waals surface area contributed by atoms with Gasteiger partial charge < -0.3 is 14.5 Å². The minimum absolute atomic E-state index is 0. The average Bonchev–Trinajstić information content (AvgIpc) is 3.47. The monoisotopic (exact) mass is 627 g/mol. The number of halogens is 1. The quantitative estimate of drug-likeness (QED) is 0.202. The second-order valence-corrected chi connectivity index (χ2v) is 14.2. The molecule has 2 fully saturated rings. The lowest BCUT2D eigenvalue weighted by Crippen LogP contribution is -2.58. The van der Waals surface area contributed by atoms with E-state index in [1.54, 1.807) is 48.2 Å². The maximum Gasteiger partial charge on any atom is 0.265 e. The van der Waals surface area contributed by atoms with E-state index in [-0.39, 0.29) is 41.8 Å². The summed E-state index contributed by atoms with van der Waals surface area (Å²) < 4.78 is 30.9. The molecule has 2 aliphatic heterocycles. The van der Waals surface area contributed by atoms with Crippen LogP contribution in [0.5, 0.6) is 0 Å². The van der Waals surface area contributed by atoms with E-state index < -0.39 is 20.5 Å². The molecule has 2 aliphatic rings. The number of ether oxygens (including phenoxy) is 1. The fourth-order valence-corrected chi connectivity index (χ4v) is 8.76. The standard InChI is InChI=1S/C29H41N3O6S2.ClH/c1-3-4-5-24-8-11-26(39-24)27(33)22-12-16-32(17-13-22)23-6-9-25(10-7-23)40(36,37)29(28(34)30-35)14-18-31(19-15-29)20-21-38-2;/h6-11,22,35H,3-5,12-21H2,1-2H3,(H,30,34);1H. The molecule has 9 nitrogen and oxygen atoms in total. The number of nitrogens with one attached hydrogen (secondary N) is 1. The summed E-state index contributed by atoms with van der Waals surface area (Å²) in [4.78, 5) is 32.3. The van der Waals surface area contributed by atoms with Crippen LogP contribution in [0.15, 0.2) is 41.3 Å². The molecule has 228 valence electrons. The minimum atomic E-state index is -4.07. The Morgan fingerprint density at radius 2 is 1.73 bits per heavy atom. The van der Waals surface area contributed by atoms with Crippen molar-refractivity contribution in [2.24, 2.45) is 5.92 Å². The Kier molecular flexibility index (Phi) is 12.2. The number of rotatable bonds is 12. The van der Waals surface area contributed by atoms with Crippen LogP contribution in [0.1, 0.15) is 60.0 Å². The summed E-state index contributed by atoms with van der Waals surface area (Å²) in [5.74, 6) is -0.660. The molecule has 2 aromatic rings. The normalized spacial score (nSPS) is 18.1. The average molecular weight is 628 g/mol. The van der Waals surface area contributed by atoms with Crippen molar-refractivity contribution in [3.63, 3.8) is 0 Å². The molecular formula is C29H42ClN3O6S2. The van der Waals surface area contributed by atoms with Crippen molar-refractivity contribution in [1.29, 1.82) is 0 Å². The van der Waals surface area contributed by atoms with Crippen LogP contribution in [0.25, 0.3) is 0 Å². The molecule has 1 aromatic carbocycles. The molecule has 1 aromatic heterocycles. The highest BCUT2D eigenvalue weighted by Gasteiger charge is 2.52. The highest BCUT2D eigenvalue weighted by molar-refractivity contribution is 7.93. The molecule has 0 bridgehead atoms. The lowest BCUT2D eigenvalue weighted by atomic mass is 9.91. The van der Waals surface area contributed by atoms with E-state index in [4.69, 9.17) is 4.74 Å². The van der Waals surface area contributed by atoms with E-state index in [1.165, 1.54) is 4.88 Å². The van der Waals surface area contributed by atoms with Crippen LogP contribution in [-0.2, 0) is 25.8 Å². The summed E-state index contributed by atoms with van der Waals surface area (Å²) in [6, 6.07) is 10.7. The first-order valence-corrected chi connectivity index (χ1v) is 16.4. The summed E-state index contributed by atoms with van der Waals surface area (Å²) in [6.07, 6.45) is 4.96. The summed E-state index contributed by atoms with van der Waals surface area (Å²) in [7, 11) is -2.46. The number of piperidine rings is 2. The zero-order valence-corrected chi connectivity index (χ0v) is 26.3. The van der Waals surface area contributed by atoms with Gasteiger partial charge in [0.2, 0.25) is 0 Å². The molecule has 12 heteroatoms. The van der Waals surface area contributed by atoms with Crippen molar-refractivity contribution < 1.29 is 28.0 Å². The minimum Gasteiger partial charge on any atom is -0.383 e. The molecule has 0 atom stereocenters. The number of carbonyl (C=O) groups excluding carboxylic acids is 2. The van der Waals surface area contributed by atoms with Gasteiger partial charge in [-0.25, -0.2) is 13.9 Å². The number of nitrogens with zero attached hydrogens (tertiary/aromatic N) is 2. The fraction of sp³-hybridized carbons (Fsp3) is 0.586. The summed E-state index contributed by atoms with van der Waals surface area (Å²) >= 11 is 1.62. The van der Waals surface area contributed by atoms with Gasteiger partial charge in [-0.2, -0.15) is 0 Å². The first-order chi connectivity index (χ1) is 19.3. The maximum absolute atomic E-state index is 13.8. The number of methoxy groups -OCH3 is 1. The Morgan fingerprint density at radius 1 is 1.07 bits per heavy atom. The van der Waals surface area contributed by atoms with Crippen LogP contribution in [-0.4, -0.2) is 81.4 Å². The van der Waals surface area contributed by atoms with Gasteiger partial charge in [0.05, 0.1) is 16.4 Å². The largest absolute Gasteiger partial charge is 0.383 e. The molecule has 2 N–H and O–H groups in total. The van der Waals surface area contributed by atoms with Crippen LogP contribution < -0.4 is 10.4 Å². The SMILES string of the molecule is CCCCc1ccc(C(=O)C2CCN(c3ccc(S(=O)(=O)C4(C(=O)NO)CCN(CCOC)CC4)cc3)CC2)s1.Cl. The second-order valence-electron chi connectivity index (χ2n) is 10.8. The van der Waals surface area contributed by atoms with Crippen LogP contribution in [0, 0.1) is 5.92 Å². The summed E-state index contributed by atoms with van der Waals surface area (Å²) in [6.45, 7) is 5.58. The number of aryl methyl sites for hydroxylation is 1. The molecule has 4 rings (SSSR count). The molecule has 2 saturated heterocycles.